The van der Waals surface area contributed by atoms with Gasteiger partial charge in [0.15, 0.2) is 0 Å². The largest absolute Gasteiger partial charge is 0.464 e. The van der Waals surface area contributed by atoms with Gasteiger partial charge in [-0.1, -0.05) is 60.2 Å². The van der Waals surface area contributed by atoms with Gasteiger partial charge in [-0.2, -0.15) is 0 Å². The maximum absolute atomic E-state index is 5.96. The summed E-state index contributed by atoms with van der Waals surface area (Å²) >= 11 is 5.56. The Morgan fingerprint density at radius 1 is 1.33 bits per heavy atom. The summed E-state index contributed by atoms with van der Waals surface area (Å²) in [5.41, 5.74) is 2.39. The Morgan fingerprint density at radius 2 is 2.22 bits per heavy atom. The first kappa shape index (κ1) is 20.5. The lowest BCUT2D eigenvalue weighted by Crippen LogP contribution is -2.20. The van der Waals surface area contributed by atoms with Crippen LogP contribution in [0.25, 0.3) is 10.8 Å². The number of fused-ring (bicyclic) bond motifs is 1. The Bertz CT molecular complexity index is 850. The van der Waals surface area contributed by atoms with Gasteiger partial charge in [0.1, 0.15) is 6.61 Å². The molecule has 2 rings (SSSR count). The Kier molecular flexibility index (Phi) is 8.87. The van der Waals surface area contributed by atoms with Crippen LogP contribution in [0.5, 0.6) is 0 Å². The van der Waals surface area contributed by atoms with E-state index in [0.717, 1.165) is 16.5 Å². The third-order valence-corrected chi connectivity index (χ3v) is 3.83. The third kappa shape index (κ3) is 6.76. The predicted molar refractivity (Wildman–Crippen MR) is 116 cm³/mol. The highest BCUT2D eigenvalue weighted by Gasteiger charge is 2.08. The molecule has 0 fully saturated rings. The summed E-state index contributed by atoms with van der Waals surface area (Å²) in [6.45, 7) is 6.62. The van der Waals surface area contributed by atoms with Crippen LogP contribution in [0.1, 0.15) is 6.92 Å². The fraction of sp³-hybridized carbons (Fsp3) is 0.182. The van der Waals surface area contributed by atoms with E-state index in [9.17, 15) is 0 Å². The number of anilines is 1. The maximum atomic E-state index is 5.96. The van der Waals surface area contributed by atoms with Gasteiger partial charge in [0, 0.05) is 34.6 Å². The second-order valence-corrected chi connectivity index (χ2v) is 5.92. The fourth-order valence-corrected chi connectivity index (χ4v) is 2.55. The number of aliphatic imine (C=N–C) groups is 1. The van der Waals surface area contributed by atoms with E-state index in [0.29, 0.717) is 19.2 Å². The average Bonchev–Trinajstić information content (AvgIpc) is 2.70. The number of nitrogens with zero attached hydrogens (tertiary/aromatic N) is 2. The number of aromatic nitrogens is 1. The molecule has 0 spiro atoms. The van der Waals surface area contributed by atoms with Crippen molar-refractivity contribution in [2.45, 2.75) is 6.92 Å². The SMILES string of the molecule is C=CCN=C(Nc1cccc2cnccc12)OCC(C=C/C=C/Cl)/C=C\C. The van der Waals surface area contributed by atoms with Gasteiger partial charge in [0.2, 0.25) is 0 Å². The van der Waals surface area contributed by atoms with Crippen molar-refractivity contribution in [1.82, 2.24) is 4.98 Å². The van der Waals surface area contributed by atoms with Gasteiger partial charge in [-0.15, -0.1) is 6.58 Å². The highest BCUT2D eigenvalue weighted by atomic mass is 35.5. The van der Waals surface area contributed by atoms with Crippen molar-refractivity contribution in [1.29, 1.82) is 0 Å². The number of hydrogen-bond donors (Lipinski definition) is 1. The molecule has 0 radical (unpaired) electrons. The number of pyridine rings is 1. The van der Waals surface area contributed by atoms with Crippen LogP contribution < -0.4 is 5.32 Å². The second kappa shape index (κ2) is 11.7. The molecule has 0 aliphatic rings. The molecule has 0 bridgehead atoms. The molecule has 0 saturated carbocycles. The molecule has 0 saturated heterocycles. The number of allylic oxidation sites excluding steroid dienone is 3. The summed E-state index contributed by atoms with van der Waals surface area (Å²) in [5.74, 6) is 0.107. The monoisotopic (exact) mass is 381 g/mol. The number of amidine groups is 1. The van der Waals surface area contributed by atoms with Crippen LogP contribution >= 0.6 is 11.6 Å². The normalized spacial score (nSPS) is 13.6. The number of nitrogens with one attached hydrogen (secondary N) is 1. The number of benzene rings is 1. The molecule has 2 aromatic rings. The second-order valence-electron chi connectivity index (χ2n) is 5.67. The molecule has 1 aromatic heterocycles. The van der Waals surface area contributed by atoms with Gasteiger partial charge in [0.25, 0.3) is 6.02 Å². The fourth-order valence-electron chi connectivity index (χ4n) is 2.46. The Labute approximate surface area is 165 Å². The summed E-state index contributed by atoms with van der Waals surface area (Å²) in [4.78, 5) is 8.60. The van der Waals surface area contributed by atoms with Gasteiger partial charge < -0.3 is 10.1 Å². The van der Waals surface area contributed by atoms with Gasteiger partial charge >= 0.3 is 0 Å². The summed E-state index contributed by atoms with van der Waals surface area (Å²) in [6.07, 6.45) is 15.1. The molecular weight excluding hydrogens is 358 g/mol. The molecule has 0 aliphatic carbocycles. The lowest BCUT2D eigenvalue weighted by atomic mass is 10.1. The quantitative estimate of drug-likeness (QED) is 0.276. The molecular formula is C22H24ClN3O. The first-order valence-electron chi connectivity index (χ1n) is 8.72. The number of hydrogen-bond acceptors (Lipinski definition) is 3. The topological polar surface area (TPSA) is 46.5 Å². The molecule has 140 valence electrons. The van der Waals surface area contributed by atoms with Crippen molar-refractivity contribution in [2.75, 3.05) is 18.5 Å². The lowest BCUT2D eigenvalue weighted by molar-refractivity contribution is 0.282. The van der Waals surface area contributed by atoms with E-state index >= 15 is 0 Å². The van der Waals surface area contributed by atoms with E-state index in [2.05, 4.69) is 27.9 Å². The molecule has 0 amide bonds. The molecule has 1 N–H and O–H groups in total. The zero-order valence-corrected chi connectivity index (χ0v) is 16.1. The van der Waals surface area contributed by atoms with Gasteiger partial charge in [-0.3, -0.25) is 4.98 Å². The van der Waals surface area contributed by atoms with E-state index in [1.807, 2.05) is 55.6 Å². The van der Waals surface area contributed by atoms with Crippen LogP contribution in [0.4, 0.5) is 5.69 Å². The van der Waals surface area contributed by atoms with Crippen molar-refractivity contribution in [3.8, 4) is 0 Å². The molecule has 5 heteroatoms. The summed E-state index contributed by atoms with van der Waals surface area (Å²) in [5, 5.41) is 5.39. The van der Waals surface area contributed by atoms with Crippen LogP contribution in [-0.2, 0) is 4.74 Å². The number of halogens is 1. The van der Waals surface area contributed by atoms with Crippen molar-refractivity contribution in [2.24, 2.45) is 10.9 Å². The summed E-state index contributed by atoms with van der Waals surface area (Å²) in [6, 6.07) is 8.40. The Balaban J connectivity index is 2.16. The van der Waals surface area contributed by atoms with Crippen LogP contribution in [0.3, 0.4) is 0 Å². The van der Waals surface area contributed by atoms with Crippen molar-refractivity contribution in [3.05, 3.63) is 85.2 Å². The number of ether oxygens (including phenoxy) is 1. The maximum Gasteiger partial charge on any atom is 0.289 e. The lowest BCUT2D eigenvalue weighted by Gasteiger charge is -2.15. The molecule has 1 atom stereocenters. The van der Waals surface area contributed by atoms with Crippen molar-refractivity contribution in [3.63, 3.8) is 0 Å². The first-order valence-corrected chi connectivity index (χ1v) is 9.16. The van der Waals surface area contributed by atoms with Gasteiger partial charge in [-0.05, 0) is 19.1 Å². The zero-order chi connectivity index (χ0) is 19.3. The molecule has 4 nitrogen and oxygen atoms in total. The van der Waals surface area contributed by atoms with Crippen LogP contribution in [-0.4, -0.2) is 24.2 Å². The van der Waals surface area contributed by atoms with E-state index in [-0.39, 0.29) is 5.92 Å². The minimum atomic E-state index is 0.107. The third-order valence-electron chi connectivity index (χ3n) is 3.68. The van der Waals surface area contributed by atoms with Crippen LogP contribution in [0.15, 0.2) is 90.2 Å². The highest BCUT2D eigenvalue weighted by molar-refractivity contribution is 6.25. The molecule has 0 aliphatic heterocycles. The summed E-state index contributed by atoms with van der Waals surface area (Å²) < 4.78 is 5.96. The van der Waals surface area contributed by atoms with E-state index < -0.39 is 0 Å². The highest BCUT2D eigenvalue weighted by Crippen LogP contribution is 2.22. The van der Waals surface area contributed by atoms with Crippen LogP contribution in [0.2, 0.25) is 0 Å². The number of rotatable bonds is 8. The van der Waals surface area contributed by atoms with Crippen LogP contribution in [0, 0.1) is 5.92 Å². The standard InChI is InChI=1S/C22H24ClN3O/c1-3-8-18(9-5-6-13-23)17-27-22(25-14-4-2)26-21-11-7-10-19-16-24-15-12-20(19)21/h3-13,15-16,18H,2,14,17H2,1H3,(H,25,26)/b8-3-,9-5?,13-6+. The first-order chi connectivity index (χ1) is 13.3. The van der Waals surface area contributed by atoms with Crippen molar-refractivity contribution >= 4 is 34.1 Å². The molecule has 1 unspecified atom stereocenters. The van der Waals surface area contributed by atoms with E-state index in [4.69, 9.17) is 16.3 Å². The zero-order valence-electron chi connectivity index (χ0n) is 15.4. The van der Waals surface area contributed by atoms with E-state index in [1.165, 1.54) is 5.54 Å². The van der Waals surface area contributed by atoms with Gasteiger partial charge in [0.05, 0.1) is 12.2 Å². The Hall–Kier alpha value is -2.85. The minimum absolute atomic E-state index is 0.107. The molecule has 1 aromatic carbocycles. The summed E-state index contributed by atoms with van der Waals surface area (Å²) in [7, 11) is 0. The van der Waals surface area contributed by atoms with Crippen molar-refractivity contribution < 1.29 is 4.74 Å². The minimum Gasteiger partial charge on any atom is -0.464 e. The van der Waals surface area contributed by atoms with E-state index in [1.54, 1.807) is 18.3 Å². The molecule has 27 heavy (non-hydrogen) atoms. The average molecular weight is 382 g/mol. The van der Waals surface area contributed by atoms with Gasteiger partial charge in [-0.25, -0.2) is 4.99 Å². The predicted octanol–water partition coefficient (Wildman–Crippen LogP) is 5.71. The smallest absolute Gasteiger partial charge is 0.289 e. The Morgan fingerprint density at radius 3 is 3.00 bits per heavy atom. The molecule has 1 heterocycles.